The third-order valence-corrected chi connectivity index (χ3v) is 3.44. The molecule has 0 unspecified atom stereocenters. The van der Waals surface area contributed by atoms with E-state index in [0.717, 1.165) is 0 Å². The van der Waals surface area contributed by atoms with E-state index in [9.17, 15) is 5.11 Å². The highest BCUT2D eigenvalue weighted by Crippen LogP contribution is 2.12. The Morgan fingerprint density at radius 2 is 2.00 bits per heavy atom. The molecule has 0 aliphatic heterocycles. The van der Waals surface area contributed by atoms with Crippen LogP contribution in [0.2, 0.25) is 0 Å². The maximum absolute atomic E-state index is 9.64. The summed E-state index contributed by atoms with van der Waals surface area (Å²) in [5.41, 5.74) is 1.17. The minimum absolute atomic E-state index is 0.343. The Kier molecular flexibility index (Phi) is 3.56. The standard InChI is InChI=1S/C13H15BrNO/c1-10-6-11-4-2-3-5-12(11)8-15(10)9-13(16)7-14/h2-6,8,13,16H,7,9H2,1H3/q+1/t13-/m0/s1. The Morgan fingerprint density at radius 1 is 1.31 bits per heavy atom. The zero-order valence-corrected chi connectivity index (χ0v) is 10.8. The van der Waals surface area contributed by atoms with Crippen molar-refractivity contribution >= 4 is 26.7 Å². The van der Waals surface area contributed by atoms with E-state index in [1.54, 1.807) is 0 Å². The van der Waals surface area contributed by atoms with E-state index in [0.29, 0.717) is 11.9 Å². The number of halogens is 1. The van der Waals surface area contributed by atoms with Crippen molar-refractivity contribution in [1.29, 1.82) is 0 Å². The van der Waals surface area contributed by atoms with Crippen LogP contribution in [0.4, 0.5) is 0 Å². The van der Waals surface area contributed by atoms with Crippen molar-refractivity contribution in [1.82, 2.24) is 0 Å². The quantitative estimate of drug-likeness (QED) is 0.677. The molecule has 1 heterocycles. The molecule has 0 saturated carbocycles. The number of benzene rings is 1. The number of aliphatic hydroxyl groups is 1. The van der Waals surface area contributed by atoms with E-state index in [2.05, 4.69) is 51.8 Å². The van der Waals surface area contributed by atoms with E-state index < -0.39 is 0 Å². The number of hydrogen-bond donors (Lipinski definition) is 1. The van der Waals surface area contributed by atoms with Gasteiger partial charge < -0.3 is 5.11 Å². The Bertz CT molecular complexity index is 498. The fourth-order valence-corrected chi connectivity index (χ4v) is 2.01. The molecule has 0 aliphatic rings. The largest absolute Gasteiger partial charge is 0.386 e. The second-order valence-corrected chi connectivity index (χ2v) is 4.65. The first-order valence-corrected chi connectivity index (χ1v) is 6.45. The van der Waals surface area contributed by atoms with Crippen molar-refractivity contribution in [2.45, 2.75) is 19.6 Å². The van der Waals surface area contributed by atoms with Crippen LogP contribution in [0.15, 0.2) is 36.5 Å². The smallest absolute Gasteiger partial charge is 0.178 e. The van der Waals surface area contributed by atoms with E-state index in [1.165, 1.54) is 16.5 Å². The highest BCUT2D eigenvalue weighted by molar-refractivity contribution is 9.09. The van der Waals surface area contributed by atoms with Crippen LogP contribution in [-0.2, 0) is 6.54 Å². The molecule has 0 amide bonds. The van der Waals surface area contributed by atoms with Crippen molar-refractivity contribution in [2.24, 2.45) is 0 Å². The van der Waals surface area contributed by atoms with Crippen LogP contribution < -0.4 is 4.57 Å². The average molecular weight is 281 g/mol. The molecule has 0 saturated heterocycles. The number of pyridine rings is 1. The minimum Gasteiger partial charge on any atom is -0.386 e. The number of nitrogens with zero attached hydrogens (tertiary/aromatic N) is 1. The van der Waals surface area contributed by atoms with Crippen molar-refractivity contribution in [2.75, 3.05) is 5.33 Å². The molecule has 84 valence electrons. The summed E-state index contributed by atoms with van der Waals surface area (Å²) in [5, 5.41) is 12.7. The molecule has 0 fully saturated rings. The first-order valence-electron chi connectivity index (χ1n) is 5.33. The van der Waals surface area contributed by atoms with Gasteiger partial charge >= 0.3 is 0 Å². The van der Waals surface area contributed by atoms with Gasteiger partial charge in [0.15, 0.2) is 18.4 Å². The summed E-state index contributed by atoms with van der Waals surface area (Å²) in [7, 11) is 0. The molecule has 0 aliphatic carbocycles. The predicted octanol–water partition coefficient (Wildman–Crippen LogP) is 2.19. The number of aryl methyl sites for hydroxylation is 1. The van der Waals surface area contributed by atoms with Gasteiger partial charge in [0.05, 0.1) is 0 Å². The van der Waals surface area contributed by atoms with Gasteiger partial charge in [0.1, 0.15) is 6.10 Å². The monoisotopic (exact) mass is 280 g/mol. The van der Waals surface area contributed by atoms with E-state index >= 15 is 0 Å². The second-order valence-electron chi connectivity index (χ2n) is 4.00. The van der Waals surface area contributed by atoms with Crippen LogP contribution in [0, 0.1) is 6.92 Å². The highest BCUT2D eigenvalue weighted by Gasteiger charge is 2.13. The molecule has 2 rings (SSSR count). The number of fused-ring (bicyclic) bond motifs is 1. The lowest BCUT2D eigenvalue weighted by Gasteiger charge is -2.06. The Balaban J connectivity index is 2.42. The third kappa shape index (κ3) is 2.42. The topological polar surface area (TPSA) is 24.1 Å². The Morgan fingerprint density at radius 3 is 2.69 bits per heavy atom. The number of hydrogen-bond acceptors (Lipinski definition) is 1. The van der Waals surface area contributed by atoms with Gasteiger partial charge in [-0.15, -0.1) is 0 Å². The van der Waals surface area contributed by atoms with E-state index in [1.807, 2.05) is 12.1 Å². The number of alkyl halides is 1. The fourth-order valence-electron chi connectivity index (χ4n) is 1.81. The first kappa shape index (κ1) is 11.6. The minimum atomic E-state index is -0.343. The van der Waals surface area contributed by atoms with Gasteiger partial charge in [-0.1, -0.05) is 34.1 Å². The maximum atomic E-state index is 9.64. The summed E-state index contributed by atoms with van der Waals surface area (Å²) in [6.07, 6.45) is 1.75. The number of rotatable bonds is 3. The van der Waals surface area contributed by atoms with Gasteiger partial charge in [0.25, 0.3) is 0 Å². The summed E-state index contributed by atoms with van der Waals surface area (Å²) >= 11 is 3.28. The SMILES string of the molecule is Cc1cc2ccccc2c[n+]1C[C@@H](O)CBr. The zero-order valence-electron chi connectivity index (χ0n) is 9.23. The maximum Gasteiger partial charge on any atom is 0.178 e. The van der Waals surface area contributed by atoms with E-state index in [4.69, 9.17) is 0 Å². The van der Waals surface area contributed by atoms with Gasteiger partial charge in [-0.05, 0) is 11.5 Å². The van der Waals surface area contributed by atoms with Gasteiger partial charge in [0, 0.05) is 23.7 Å². The van der Waals surface area contributed by atoms with Crippen LogP contribution in [0.5, 0.6) is 0 Å². The lowest BCUT2D eigenvalue weighted by Crippen LogP contribution is -2.42. The lowest BCUT2D eigenvalue weighted by molar-refractivity contribution is -0.707. The van der Waals surface area contributed by atoms with Crippen LogP contribution in [0.25, 0.3) is 10.8 Å². The summed E-state index contributed by atoms with van der Waals surface area (Å²) in [6, 6.07) is 10.4. The average Bonchev–Trinajstić information content (AvgIpc) is 2.30. The molecular formula is C13H15BrNO+. The normalized spacial score (nSPS) is 12.9. The molecule has 2 nitrogen and oxygen atoms in total. The van der Waals surface area contributed by atoms with Crippen LogP contribution in [-0.4, -0.2) is 16.5 Å². The fraction of sp³-hybridized carbons (Fsp3) is 0.308. The molecule has 1 aromatic heterocycles. The van der Waals surface area contributed by atoms with Gasteiger partial charge in [-0.2, -0.15) is 4.57 Å². The van der Waals surface area contributed by atoms with Gasteiger partial charge in [-0.25, -0.2) is 0 Å². The van der Waals surface area contributed by atoms with Crippen molar-refractivity contribution in [3.05, 3.63) is 42.2 Å². The summed E-state index contributed by atoms with van der Waals surface area (Å²) in [5.74, 6) is 0. The van der Waals surface area contributed by atoms with E-state index in [-0.39, 0.29) is 6.10 Å². The second kappa shape index (κ2) is 4.93. The van der Waals surface area contributed by atoms with Gasteiger partial charge in [0.2, 0.25) is 0 Å². The molecule has 3 heteroatoms. The number of aliphatic hydroxyl groups excluding tert-OH is 1. The molecule has 0 spiro atoms. The molecule has 1 aromatic carbocycles. The molecular weight excluding hydrogens is 266 g/mol. The Hall–Kier alpha value is -0.930. The summed E-state index contributed by atoms with van der Waals surface area (Å²) < 4.78 is 2.09. The summed E-state index contributed by atoms with van der Waals surface area (Å²) in [6.45, 7) is 2.69. The van der Waals surface area contributed by atoms with Crippen LogP contribution in [0.3, 0.4) is 0 Å². The van der Waals surface area contributed by atoms with Crippen molar-refractivity contribution < 1.29 is 9.67 Å². The summed E-state index contributed by atoms with van der Waals surface area (Å²) in [4.78, 5) is 0. The molecule has 1 N–H and O–H groups in total. The molecule has 16 heavy (non-hydrogen) atoms. The zero-order chi connectivity index (χ0) is 11.5. The van der Waals surface area contributed by atoms with Crippen molar-refractivity contribution in [3.63, 3.8) is 0 Å². The number of aromatic nitrogens is 1. The molecule has 2 aromatic rings. The van der Waals surface area contributed by atoms with Gasteiger partial charge in [-0.3, -0.25) is 0 Å². The third-order valence-electron chi connectivity index (χ3n) is 2.69. The molecule has 0 radical (unpaired) electrons. The molecule has 1 atom stereocenters. The van der Waals surface area contributed by atoms with Crippen LogP contribution in [0.1, 0.15) is 5.69 Å². The highest BCUT2D eigenvalue weighted by atomic mass is 79.9. The predicted molar refractivity (Wildman–Crippen MR) is 68.7 cm³/mol. The molecule has 0 bridgehead atoms. The lowest BCUT2D eigenvalue weighted by atomic mass is 10.1. The van der Waals surface area contributed by atoms with Crippen LogP contribution >= 0.6 is 15.9 Å². The Labute approximate surface area is 104 Å². The van der Waals surface area contributed by atoms with Crippen molar-refractivity contribution in [3.8, 4) is 0 Å². The first-order chi connectivity index (χ1) is 7.70.